The molecule has 0 spiro atoms. The van der Waals surface area contributed by atoms with E-state index in [1.807, 2.05) is 4.90 Å². The molecule has 2 rings (SSSR count). The van der Waals surface area contributed by atoms with Crippen molar-refractivity contribution in [3.05, 3.63) is 21.4 Å². The molecule has 4 heteroatoms. The summed E-state index contributed by atoms with van der Waals surface area (Å²) in [4.78, 5) is 19.1. The van der Waals surface area contributed by atoms with Gasteiger partial charge in [-0.1, -0.05) is 20.3 Å². The van der Waals surface area contributed by atoms with Crippen LogP contribution >= 0.6 is 11.3 Å². The SMILES string of the molecule is CCCc1sc(C(=O)N2CCN(C)CC2)cc1CC. The lowest BCUT2D eigenvalue weighted by Crippen LogP contribution is -2.46. The Kier molecular flexibility index (Phi) is 4.99. The Morgan fingerprint density at radius 2 is 1.95 bits per heavy atom. The summed E-state index contributed by atoms with van der Waals surface area (Å²) >= 11 is 1.71. The van der Waals surface area contributed by atoms with E-state index in [0.717, 1.165) is 50.3 Å². The largest absolute Gasteiger partial charge is 0.335 e. The number of aryl methyl sites for hydroxylation is 2. The van der Waals surface area contributed by atoms with Gasteiger partial charge in [0.2, 0.25) is 0 Å². The van der Waals surface area contributed by atoms with Crippen molar-refractivity contribution >= 4 is 17.2 Å². The molecule has 0 N–H and O–H groups in total. The van der Waals surface area contributed by atoms with Gasteiger partial charge >= 0.3 is 0 Å². The minimum Gasteiger partial charge on any atom is -0.335 e. The highest BCUT2D eigenvalue weighted by atomic mass is 32.1. The number of carbonyl (C=O) groups excluding carboxylic acids is 1. The van der Waals surface area contributed by atoms with Crippen LogP contribution in [0.15, 0.2) is 6.07 Å². The van der Waals surface area contributed by atoms with E-state index in [1.165, 1.54) is 10.4 Å². The van der Waals surface area contributed by atoms with E-state index in [-0.39, 0.29) is 5.91 Å². The molecule has 0 saturated carbocycles. The lowest BCUT2D eigenvalue weighted by Gasteiger charge is -2.32. The Hall–Kier alpha value is -0.870. The van der Waals surface area contributed by atoms with Crippen molar-refractivity contribution in [1.29, 1.82) is 0 Å². The quantitative estimate of drug-likeness (QED) is 0.846. The zero-order chi connectivity index (χ0) is 13.8. The number of rotatable bonds is 4. The summed E-state index contributed by atoms with van der Waals surface area (Å²) in [5, 5.41) is 0. The van der Waals surface area contributed by atoms with Gasteiger partial charge in [0.15, 0.2) is 0 Å². The van der Waals surface area contributed by atoms with Crippen molar-refractivity contribution in [2.75, 3.05) is 33.2 Å². The number of hydrogen-bond acceptors (Lipinski definition) is 3. The van der Waals surface area contributed by atoms with E-state index >= 15 is 0 Å². The van der Waals surface area contributed by atoms with Gasteiger partial charge in [0.05, 0.1) is 4.88 Å². The summed E-state index contributed by atoms with van der Waals surface area (Å²) in [6, 6.07) is 2.12. The molecular weight excluding hydrogens is 256 g/mol. The van der Waals surface area contributed by atoms with Crippen LogP contribution in [-0.4, -0.2) is 48.9 Å². The zero-order valence-corrected chi connectivity index (χ0v) is 13.1. The Labute approximate surface area is 120 Å². The number of likely N-dealkylation sites (N-methyl/N-ethyl adjacent to an activating group) is 1. The molecule has 1 amide bonds. The highest BCUT2D eigenvalue weighted by Crippen LogP contribution is 2.26. The van der Waals surface area contributed by atoms with Gasteiger partial charge in [-0.3, -0.25) is 4.79 Å². The molecule has 1 fully saturated rings. The number of amides is 1. The highest BCUT2D eigenvalue weighted by Gasteiger charge is 2.22. The molecule has 0 bridgehead atoms. The van der Waals surface area contributed by atoms with Gasteiger partial charge in [-0.25, -0.2) is 0 Å². The number of thiophene rings is 1. The third-order valence-electron chi connectivity index (χ3n) is 3.76. The van der Waals surface area contributed by atoms with E-state index in [1.54, 1.807) is 11.3 Å². The average Bonchev–Trinajstić information content (AvgIpc) is 2.82. The fraction of sp³-hybridized carbons (Fsp3) is 0.667. The molecule has 0 aromatic carbocycles. The van der Waals surface area contributed by atoms with Crippen molar-refractivity contribution in [3.63, 3.8) is 0 Å². The number of hydrogen-bond donors (Lipinski definition) is 0. The van der Waals surface area contributed by atoms with Crippen LogP contribution < -0.4 is 0 Å². The fourth-order valence-corrected chi connectivity index (χ4v) is 3.80. The van der Waals surface area contributed by atoms with Gasteiger partial charge in [-0.05, 0) is 31.5 Å². The van der Waals surface area contributed by atoms with E-state index in [4.69, 9.17) is 0 Å². The van der Waals surface area contributed by atoms with Crippen LogP contribution in [0.4, 0.5) is 0 Å². The molecule has 1 aliphatic heterocycles. The second-order valence-corrected chi connectivity index (χ2v) is 6.39. The van der Waals surface area contributed by atoms with Crippen LogP contribution in [-0.2, 0) is 12.8 Å². The summed E-state index contributed by atoms with van der Waals surface area (Å²) in [7, 11) is 2.11. The molecule has 0 aliphatic carbocycles. The van der Waals surface area contributed by atoms with Gasteiger partial charge in [0.1, 0.15) is 0 Å². The first-order valence-corrected chi connectivity index (χ1v) is 8.06. The molecular formula is C15H24N2OS. The van der Waals surface area contributed by atoms with Gasteiger partial charge in [-0.2, -0.15) is 0 Å². The molecule has 0 atom stereocenters. The Morgan fingerprint density at radius 3 is 2.53 bits per heavy atom. The van der Waals surface area contributed by atoms with Crippen molar-refractivity contribution in [2.24, 2.45) is 0 Å². The fourth-order valence-electron chi connectivity index (χ4n) is 2.48. The third kappa shape index (κ3) is 3.37. The predicted octanol–water partition coefficient (Wildman–Crippen LogP) is 2.65. The molecule has 19 heavy (non-hydrogen) atoms. The smallest absolute Gasteiger partial charge is 0.264 e. The Morgan fingerprint density at radius 1 is 1.26 bits per heavy atom. The lowest BCUT2D eigenvalue weighted by molar-refractivity contribution is 0.0669. The molecule has 3 nitrogen and oxygen atoms in total. The van der Waals surface area contributed by atoms with Gasteiger partial charge in [0.25, 0.3) is 5.91 Å². The standard InChI is InChI=1S/C15H24N2OS/c1-4-6-13-12(5-2)11-14(19-13)15(18)17-9-7-16(3)8-10-17/h11H,4-10H2,1-3H3. The van der Waals surface area contributed by atoms with Crippen LogP contribution in [0.2, 0.25) is 0 Å². The molecule has 0 radical (unpaired) electrons. The van der Waals surface area contributed by atoms with E-state index < -0.39 is 0 Å². The van der Waals surface area contributed by atoms with Crippen LogP contribution in [0.25, 0.3) is 0 Å². The Balaban J connectivity index is 2.10. The minimum absolute atomic E-state index is 0.232. The van der Waals surface area contributed by atoms with Gasteiger partial charge in [-0.15, -0.1) is 11.3 Å². The lowest BCUT2D eigenvalue weighted by atomic mass is 10.1. The third-order valence-corrected chi connectivity index (χ3v) is 4.98. The average molecular weight is 280 g/mol. The van der Waals surface area contributed by atoms with E-state index in [2.05, 4.69) is 31.9 Å². The summed E-state index contributed by atoms with van der Waals surface area (Å²) in [6.07, 6.45) is 3.28. The summed E-state index contributed by atoms with van der Waals surface area (Å²) in [6.45, 7) is 8.06. The molecule has 1 aliphatic rings. The van der Waals surface area contributed by atoms with Crippen LogP contribution in [0.1, 0.15) is 40.4 Å². The maximum Gasteiger partial charge on any atom is 0.264 e. The molecule has 1 aromatic heterocycles. The first kappa shape index (κ1) is 14.5. The highest BCUT2D eigenvalue weighted by molar-refractivity contribution is 7.14. The maximum atomic E-state index is 12.5. The number of carbonyl (C=O) groups is 1. The zero-order valence-electron chi connectivity index (χ0n) is 12.2. The Bertz CT molecular complexity index is 433. The van der Waals surface area contributed by atoms with Crippen LogP contribution in [0.3, 0.4) is 0 Å². The van der Waals surface area contributed by atoms with Gasteiger partial charge in [0, 0.05) is 31.1 Å². The van der Waals surface area contributed by atoms with Crippen molar-refractivity contribution in [3.8, 4) is 0 Å². The van der Waals surface area contributed by atoms with Crippen LogP contribution in [0.5, 0.6) is 0 Å². The van der Waals surface area contributed by atoms with E-state index in [0.29, 0.717) is 0 Å². The summed E-state index contributed by atoms with van der Waals surface area (Å²) in [5.41, 5.74) is 1.37. The molecule has 0 unspecified atom stereocenters. The molecule has 1 saturated heterocycles. The first-order chi connectivity index (χ1) is 9.15. The molecule has 1 aromatic rings. The maximum absolute atomic E-state index is 12.5. The monoisotopic (exact) mass is 280 g/mol. The van der Waals surface area contributed by atoms with E-state index in [9.17, 15) is 4.79 Å². The minimum atomic E-state index is 0.232. The predicted molar refractivity (Wildman–Crippen MR) is 81.1 cm³/mol. The van der Waals surface area contributed by atoms with Gasteiger partial charge < -0.3 is 9.80 Å². The van der Waals surface area contributed by atoms with Crippen molar-refractivity contribution in [2.45, 2.75) is 33.1 Å². The topological polar surface area (TPSA) is 23.6 Å². The second-order valence-electron chi connectivity index (χ2n) is 5.26. The summed E-state index contributed by atoms with van der Waals surface area (Å²) < 4.78 is 0. The molecule has 2 heterocycles. The number of piperazine rings is 1. The van der Waals surface area contributed by atoms with Crippen molar-refractivity contribution in [1.82, 2.24) is 9.80 Å². The second kappa shape index (κ2) is 6.53. The normalized spacial score (nSPS) is 16.9. The first-order valence-electron chi connectivity index (χ1n) is 7.25. The number of nitrogens with zero attached hydrogens (tertiary/aromatic N) is 2. The molecule has 106 valence electrons. The van der Waals surface area contributed by atoms with Crippen molar-refractivity contribution < 1.29 is 4.79 Å². The van der Waals surface area contributed by atoms with Crippen LogP contribution in [0, 0.1) is 0 Å². The summed E-state index contributed by atoms with van der Waals surface area (Å²) in [5.74, 6) is 0.232.